The first-order valence-electron chi connectivity index (χ1n) is 10.6. The molecule has 22 heteroatoms. The fourth-order valence-electron chi connectivity index (χ4n) is 3.51. The molecular formula is C19H14F21I. The lowest BCUT2D eigenvalue weighted by Crippen LogP contribution is -2.77. The predicted molar refractivity (Wildman–Crippen MR) is 104 cm³/mol. The van der Waals surface area contributed by atoms with Crippen molar-refractivity contribution in [2.75, 3.05) is 0 Å². The maximum atomic E-state index is 14.7. The highest BCUT2D eigenvalue weighted by atomic mass is 127. The molecule has 0 saturated heterocycles. The van der Waals surface area contributed by atoms with Crippen molar-refractivity contribution in [3.63, 3.8) is 0 Å². The number of hydrogen-bond acceptors (Lipinski definition) is 0. The van der Waals surface area contributed by atoms with Gasteiger partial charge in [0.1, 0.15) is 0 Å². The first kappa shape index (κ1) is 38.0. The highest BCUT2D eigenvalue weighted by Crippen LogP contribution is 2.67. The topological polar surface area (TPSA) is 0 Å². The number of rotatable bonds is 9. The zero-order valence-electron chi connectivity index (χ0n) is 19.2. The highest BCUT2D eigenvalue weighted by Gasteiger charge is 2.98. The number of halogens is 22. The van der Waals surface area contributed by atoms with Crippen molar-refractivity contribution < 1.29 is 92.2 Å². The van der Waals surface area contributed by atoms with Crippen LogP contribution < -0.4 is 0 Å². The van der Waals surface area contributed by atoms with E-state index in [1.165, 1.54) is 0 Å². The Morgan fingerprint density at radius 2 is 0.756 bits per heavy atom. The Labute approximate surface area is 228 Å². The Hall–Kier alpha value is -1.00. The monoisotopic (exact) mass is 768 g/mol. The standard InChI is InChI=1S/C19H14F21I/c20-10(21,8-6-4-2-1-3-5-7-9(8)41)11(22,23)12(24,25)13(26,27)14(28,29)15(30,31)16(32,33)17(34,35)18(36,37)19(38,39)40/h7-8H,1-6H2/b9-7-. The van der Waals surface area contributed by atoms with Gasteiger partial charge in [-0.05, 0) is 45.4 Å². The summed E-state index contributed by atoms with van der Waals surface area (Å²) >= 11 is 0.856. The van der Waals surface area contributed by atoms with Crippen molar-refractivity contribution in [2.24, 2.45) is 5.92 Å². The van der Waals surface area contributed by atoms with E-state index in [9.17, 15) is 92.2 Å². The minimum Gasteiger partial charge on any atom is -0.199 e. The summed E-state index contributed by atoms with van der Waals surface area (Å²) in [7, 11) is 0. The van der Waals surface area contributed by atoms with Gasteiger partial charge in [-0.15, -0.1) is 0 Å². The largest absolute Gasteiger partial charge is 0.460 e. The molecule has 0 bridgehead atoms. The summed E-state index contributed by atoms with van der Waals surface area (Å²) in [4.78, 5) is 0. The van der Waals surface area contributed by atoms with Gasteiger partial charge in [-0.3, -0.25) is 0 Å². The summed E-state index contributed by atoms with van der Waals surface area (Å²) in [5.74, 6) is -79.8. The summed E-state index contributed by atoms with van der Waals surface area (Å²) in [6.07, 6.45) is -8.77. The Morgan fingerprint density at radius 3 is 1.12 bits per heavy atom. The van der Waals surface area contributed by atoms with Crippen molar-refractivity contribution >= 4 is 22.6 Å². The van der Waals surface area contributed by atoms with Crippen LogP contribution in [0, 0.1) is 5.92 Å². The molecule has 0 radical (unpaired) electrons. The predicted octanol–water partition coefficient (Wildman–Crippen LogP) is 10.6. The molecule has 1 unspecified atom stereocenters. The van der Waals surface area contributed by atoms with E-state index < -0.39 is 81.8 Å². The quantitative estimate of drug-likeness (QED) is 0.162. The molecule has 1 atom stereocenters. The van der Waals surface area contributed by atoms with Gasteiger partial charge in [0, 0.05) is 0 Å². The minimum absolute atomic E-state index is 0.0430. The van der Waals surface area contributed by atoms with Crippen molar-refractivity contribution in [3.05, 3.63) is 9.66 Å². The fraction of sp³-hybridized carbons (Fsp3) is 0.895. The maximum absolute atomic E-state index is 14.7. The molecule has 0 aromatic carbocycles. The van der Waals surface area contributed by atoms with Crippen LogP contribution in [-0.2, 0) is 0 Å². The van der Waals surface area contributed by atoms with Crippen LogP contribution in [0.2, 0.25) is 0 Å². The summed E-state index contributed by atoms with van der Waals surface area (Å²) < 4.78 is 284. The van der Waals surface area contributed by atoms with Crippen LogP contribution in [-0.4, -0.2) is 59.5 Å². The Bertz CT molecular complexity index is 960. The molecule has 0 aliphatic heterocycles. The summed E-state index contributed by atoms with van der Waals surface area (Å²) in [6.45, 7) is 0. The van der Waals surface area contributed by atoms with Crippen LogP contribution in [0.25, 0.3) is 0 Å². The molecule has 41 heavy (non-hydrogen) atoms. The normalized spacial score (nSPS) is 22.0. The van der Waals surface area contributed by atoms with Crippen molar-refractivity contribution in [3.8, 4) is 0 Å². The van der Waals surface area contributed by atoms with Crippen LogP contribution in [0.5, 0.6) is 0 Å². The average Bonchev–Trinajstić information content (AvgIpc) is 2.89. The number of alkyl halides is 21. The van der Waals surface area contributed by atoms with Crippen LogP contribution in [0.1, 0.15) is 38.5 Å². The molecular weight excluding hydrogens is 754 g/mol. The van der Waals surface area contributed by atoms with E-state index in [1.54, 1.807) is 0 Å². The van der Waals surface area contributed by atoms with Gasteiger partial charge in [-0.25, -0.2) is 0 Å². The number of hydrogen-bond donors (Lipinski definition) is 0. The smallest absolute Gasteiger partial charge is 0.199 e. The third-order valence-electron chi connectivity index (χ3n) is 6.09. The van der Waals surface area contributed by atoms with Gasteiger partial charge in [0.2, 0.25) is 0 Å². The Morgan fingerprint density at radius 1 is 0.439 bits per heavy atom. The van der Waals surface area contributed by atoms with Crippen LogP contribution >= 0.6 is 22.6 Å². The van der Waals surface area contributed by atoms with E-state index in [0.717, 1.165) is 28.7 Å². The van der Waals surface area contributed by atoms with Gasteiger partial charge in [0.05, 0.1) is 5.92 Å². The molecule has 1 aliphatic carbocycles. The fourth-order valence-corrected chi connectivity index (χ4v) is 4.52. The molecule has 0 heterocycles. The number of allylic oxidation sites excluding steroid dienone is 2. The van der Waals surface area contributed by atoms with E-state index in [2.05, 4.69) is 0 Å². The zero-order valence-corrected chi connectivity index (χ0v) is 21.4. The van der Waals surface area contributed by atoms with Gasteiger partial charge >= 0.3 is 59.5 Å². The molecule has 1 aliphatic rings. The van der Waals surface area contributed by atoms with Gasteiger partial charge in [0.25, 0.3) is 0 Å². The first-order chi connectivity index (χ1) is 17.8. The van der Waals surface area contributed by atoms with Gasteiger partial charge in [0.15, 0.2) is 0 Å². The molecule has 0 saturated carbocycles. The lowest BCUT2D eigenvalue weighted by molar-refractivity contribution is -0.475. The third kappa shape index (κ3) is 5.34. The molecule has 0 amide bonds. The molecule has 244 valence electrons. The highest BCUT2D eigenvalue weighted by molar-refractivity contribution is 14.1. The lowest BCUT2D eigenvalue weighted by atomic mass is 9.82. The van der Waals surface area contributed by atoms with Gasteiger partial charge in [-0.2, -0.15) is 92.2 Å². The van der Waals surface area contributed by atoms with E-state index >= 15 is 0 Å². The summed E-state index contributed by atoms with van der Waals surface area (Å²) in [5.41, 5.74) is 0. The lowest BCUT2D eigenvalue weighted by Gasteiger charge is -2.45. The van der Waals surface area contributed by atoms with Gasteiger partial charge in [-0.1, -0.05) is 25.3 Å². The maximum Gasteiger partial charge on any atom is 0.460 e. The van der Waals surface area contributed by atoms with Crippen molar-refractivity contribution in [1.82, 2.24) is 0 Å². The van der Waals surface area contributed by atoms with Crippen LogP contribution in [0.15, 0.2) is 9.66 Å². The first-order valence-corrected chi connectivity index (χ1v) is 11.7. The summed E-state index contributed by atoms with van der Waals surface area (Å²) in [5, 5.41) is 0. The molecule has 0 aromatic rings. The van der Waals surface area contributed by atoms with Crippen LogP contribution in [0.4, 0.5) is 92.2 Å². The molecule has 0 fully saturated rings. The molecule has 0 nitrogen and oxygen atoms in total. The summed E-state index contributed by atoms with van der Waals surface area (Å²) in [6, 6.07) is 0. The Kier molecular flexibility index (Phi) is 10.1. The van der Waals surface area contributed by atoms with Crippen molar-refractivity contribution in [1.29, 1.82) is 0 Å². The minimum atomic E-state index is -9.15. The van der Waals surface area contributed by atoms with E-state index in [-0.39, 0.29) is 25.7 Å². The van der Waals surface area contributed by atoms with Crippen LogP contribution in [0.3, 0.4) is 0 Å². The zero-order chi connectivity index (χ0) is 33.1. The SMILES string of the molecule is FC(F)(F)C(F)(F)C(F)(F)C(F)(F)C(F)(F)C(F)(F)C(F)(F)C(F)(F)C(F)(F)C(F)(F)C1CCCCCC/C=C/1I. The Balaban J connectivity index is 3.79. The van der Waals surface area contributed by atoms with E-state index in [4.69, 9.17) is 0 Å². The van der Waals surface area contributed by atoms with Gasteiger partial charge < -0.3 is 0 Å². The second-order valence-corrected chi connectivity index (χ2v) is 10.1. The second kappa shape index (κ2) is 10.9. The van der Waals surface area contributed by atoms with E-state index in [1.807, 2.05) is 0 Å². The molecule has 1 rings (SSSR count). The second-order valence-electron chi connectivity index (χ2n) is 8.85. The average molecular weight is 768 g/mol. The van der Waals surface area contributed by atoms with E-state index in [0.29, 0.717) is 0 Å². The molecule has 0 N–H and O–H groups in total. The molecule has 0 aromatic heterocycles. The van der Waals surface area contributed by atoms with Crippen molar-refractivity contribution in [2.45, 2.75) is 98.0 Å². The molecule has 0 spiro atoms. The third-order valence-corrected chi connectivity index (χ3v) is 7.28.